The van der Waals surface area contributed by atoms with Crippen molar-refractivity contribution in [3.05, 3.63) is 196 Å². The van der Waals surface area contributed by atoms with E-state index in [0.717, 1.165) is 92.9 Å². The molecular weight excluding hydrogens is 842 g/mol. The second-order valence-electron chi connectivity index (χ2n) is 16.6. The number of nitro benzene ring substituents is 1. The van der Waals surface area contributed by atoms with Crippen LogP contribution in [0.3, 0.4) is 0 Å². The van der Waals surface area contributed by atoms with Crippen LogP contribution in [-0.4, -0.2) is 62.9 Å². The number of H-pyrrole nitrogens is 2. The minimum Gasteiger partial charge on any atom is -0.372 e. The summed E-state index contributed by atoms with van der Waals surface area (Å²) in [5.74, 6) is 0.646. The summed E-state index contributed by atoms with van der Waals surface area (Å²) < 4.78 is 13.8. The van der Waals surface area contributed by atoms with Crippen molar-refractivity contribution in [1.82, 2.24) is 44.9 Å². The molecule has 2 N–H and O–H groups in total. The maximum atomic E-state index is 13.8. The van der Waals surface area contributed by atoms with Crippen LogP contribution in [0.5, 0.6) is 0 Å². The lowest BCUT2D eigenvalue weighted by atomic mass is 10.1. The van der Waals surface area contributed by atoms with Gasteiger partial charge in [-0.1, -0.05) is 48.5 Å². The zero-order chi connectivity index (χ0) is 45.9. The first-order valence-electron chi connectivity index (χ1n) is 22.1. The van der Waals surface area contributed by atoms with Gasteiger partial charge in [0.25, 0.3) is 0 Å². The highest BCUT2D eigenvalue weighted by atomic mass is 19.1. The summed E-state index contributed by atoms with van der Waals surface area (Å²) >= 11 is 0. The molecule has 0 unspecified atom stereocenters. The van der Waals surface area contributed by atoms with E-state index in [0.29, 0.717) is 28.5 Å². The van der Waals surface area contributed by atoms with Gasteiger partial charge >= 0.3 is 5.69 Å². The van der Waals surface area contributed by atoms with Crippen LogP contribution in [0, 0.1) is 29.8 Å². The van der Waals surface area contributed by atoms with Gasteiger partial charge in [0.05, 0.1) is 55.6 Å². The maximum Gasteiger partial charge on any atom is 0.305 e. The number of rotatable bonds is 10. The molecule has 6 aromatic heterocycles. The van der Waals surface area contributed by atoms with E-state index >= 15 is 0 Å². The van der Waals surface area contributed by atoms with Gasteiger partial charge in [0.1, 0.15) is 11.6 Å². The van der Waals surface area contributed by atoms with Crippen molar-refractivity contribution in [2.24, 2.45) is 0 Å². The molecule has 13 nitrogen and oxygen atoms in total. The van der Waals surface area contributed by atoms with Gasteiger partial charge in [0.15, 0.2) is 0 Å². The number of halogens is 1. The molecule has 10 aromatic rings. The summed E-state index contributed by atoms with van der Waals surface area (Å²) in [4.78, 5) is 52.2. The second-order valence-corrected chi connectivity index (χ2v) is 16.6. The number of anilines is 1. The molecule has 7 heterocycles. The van der Waals surface area contributed by atoms with Crippen LogP contribution >= 0.6 is 0 Å². The Hall–Kier alpha value is -8.52. The lowest BCUT2D eigenvalue weighted by Gasteiger charge is -2.18. The lowest BCUT2D eigenvalue weighted by Crippen LogP contribution is -2.17. The van der Waals surface area contributed by atoms with E-state index in [2.05, 4.69) is 83.3 Å². The summed E-state index contributed by atoms with van der Waals surface area (Å²) in [6.07, 6.45) is 8.65. The molecule has 11 rings (SSSR count). The van der Waals surface area contributed by atoms with Gasteiger partial charge in [-0.15, -0.1) is 0 Å². The molecule has 0 atom stereocenters. The van der Waals surface area contributed by atoms with E-state index in [9.17, 15) is 14.5 Å². The standard InChI is InChI=1S/C29H27N5.C24H17FN6O2/c1-20-7-4-11-26(31-20)29-28(23-12-13-25-22(19-23)9-6-14-30-25)32-27(33-29)18-21-8-5-10-24(17-21)34-15-2-3-16-34;1-14-3-2-4-19(28-14)24-23(16-6-8-18-20(13-16)27-10-9-26-18)29-22(30-24)12-15-5-7-17(25)21(11-15)31(32)33/h4-14,17,19H,2-3,15-16,18H2,1H3,(H,32,33);2-11,13H,12H2,1H3,(H,29,30). The zero-order valence-electron chi connectivity index (χ0n) is 36.8. The third-order valence-electron chi connectivity index (χ3n) is 11.7. The van der Waals surface area contributed by atoms with Crippen molar-refractivity contribution in [2.75, 3.05) is 18.0 Å². The molecule has 1 fully saturated rings. The van der Waals surface area contributed by atoms with Crippen LogP contribution in [0.4, 0.5) is 15.8 Å². The van der Waals surface area contributed by atoms with Crippen LogP contribution < -0.4 is 4.90 Å². The summed E-state index contributed by atoms with van der Waals surface area (Å²) in [6.45, 7) is 6.22. The number of imidazole rings is 2. The molecule has 0 radical (unpaired) electrons. The van der Waals surface area contributed by atoms with Crippen LogP contribution in [-0.2, 0) is 12.8 Å². The molecule has 0 amide bonds. The number of fused-ring (bicyclic) bond motifs is 2. The van der Waals surface area contributed by atoms with Gasteiger partial charge in [-0.25, -0.2) is 9.97 Å². The van der Waals surface area contributed by atoms with Gasteiger partial charge in [-0.2, -0.15) is 4.39 Å². The molecule has 0 bridgehead atoms. The van der Waals surface area contributed by atoms with Crippen molar-refractivity contribution in [3.8, 4) is 45.3 Å². The molecule has 67 heavy (non-hydrogen) atoms. The lowest BCUT2D eigenvalue weighted by molar-refractivity contribution is -0.387. The Morgan fingerprint density at radius 1 is 0.597 bits per heavy atom. The van der Waals surface area contributed by atoms with Gasteiger partial charge in [-0.05, 0) is 111 Å². The molecule has 0 spiro atoms. The third kappa shape index (κ3) is 9.36. The van der Waals surface area contributed by atoms with Crippen molar-refractivity contribution in [2.45, 2.75) is 39.5 Å². The largest absolute Gasteiger partial charge is 0.372 e. The molecule has 330 valence electrons. The highest BCUT2D eigenvalue weighted by molar-refractivity contribution is 5.87. The molecule has 1 saturated heterocycles. The van der Waals surface area contributed by atoms with Crippen molar-refractivity contribution in [1.29, 1.82) is 0 Å². The Labute approximate surface area is 385 Å². The summed E-state index contributed by atoms with van der Waals surface area (Å²) in [6, 6.07) is 40.6. The van der Waals surface area contributed by atoms with Gasteiger partial charge in [0.2, 0.25) is 5.82 Å². The molecule has 14 heteroatoms. The molecule has 1 aliphatic heterocycles. The monoisotopic (exact) mass is 885 g/mol. The molecular formula is C53H44FN11O2. The van der Waals surface area contributed by atoms with Gasteiger partial charge in [-0.3, -0.25) is 35.0 Å². The van der Waals surface area contributed by atoms with E-state index in [1.54, 1.807) is 12.4 Å². The SMILES string of the molecule is Cc1cccc(-c2[nH]c(Cc3ccc(F)c([N+](=O)[O-])c3)nc2-c2ccc3nccnc3c2)n1.Cc1cccc(-c2[nH]c(Cc3cccc(N4CCCC4)c3)nc2-c2ccc3ncccc3c2)n1. The van der Waals surface area contributed by atoms with E-state index in [4.69, 9.17) is 15.0 Å². The van der Waals surface area contributed by atoms with Gasteiger partial charge < -0.3 is 14.9 Å². The van der Waals surface area contributed by atoms with Crippen LogP contribution in [0.2, 0.25) is 0 Å². The van der Waals surface area contributed by atoms with E-state index < -0.39 is 16.4 Å². The number of nitrogens with zero attached hydrogens (tertiary/aromatic N) is 9. The average Bonchev–Trinajstić information content (AvgIpc) is 4.14. The quantitative estimate of drug-likeness (QED) is 0.0996. The number of benzene rings is 4. The number of aromatic nitrogens is 9. The highest BCUT2D eigenvalue weighted by Gasteiger charge is 2.21. The summed E-state index contributed by atoms with van der Waals surface area (Å²) in [7, 11) is 0. The Bertz CT molecular complexity index is 3430. The van der Waals surface area contributed by atoms with Crippen LogP contribution in [0.15, 0.2) is 146 Å². The fraction of sp³-hybridized carbons (Fsp3) is 0.151. The smallest absolute Gasteiger partial charge is 0.305 e. The maximum absolute atomic E-state index is 13.8. The number of pyridine rings is 3. The molecule has 0 saturated carbocycles. The number of nitro groups is 1. The first kappa shape index (κ1) is 42.4. The minimum absolute atomic E-state index is 0.257. The average molecular weight is 886 g/mol. The van der Waals surface area contributed by atoms with Crippen LogP contribution in [0.25, 0.3) is 67.2 Å². The number of aryl methyl sites for hydroxylation is 2. The molecule has 4 aromatic carbocycles. The predicted molar refractivity (Wildman–Crippen MR) is 259 cm³/mol. The second kappa shape index (κ2) is 18.5. The predicted octanol–water partition coefficient (Wildman–Crippen LogP) is 11.2. The number of nitrogens with one attached hydrogen (secondary N) is 2. The fourth-order valence-electron chi connectivity index (χ4n) is 8.53. The van der Waals surface area contributed by atoms with Gasteiger partial charge in [0, 0.05) is 84.2 Å². The zero-order valence-corrected chi connectivity index (χ0v) is 36.8. The number of hydrogen-bond acceptors (Lipinski definition) is 10. The van der Waals surface area contributed by atoms with Crippen molar-refractivity contribution < 1.29 is 9.31 Å². The first-order valence-corrected chi connectivity index (χ1v) is 22.1. The fourth-order valence-corrected chi connectivity index (χ4v) is 8.53. The topological polar surface area (TPSA) is 168 Å². The number of aromatic amines is 2. The highest BCUT2D eigenvalue weighted by Crippen LogP contribution is 2.34. The Kier molecular flexibility index (Phi) is 11.7. The summed E-state index contributed by atoms with van der Waals surface area (Å²) in [5, 5.41) is 12.2. The van der Waals surface area contributed by atoms with E-state index in [1.165, 1.54) is 36.2 Å². The normalized spacial score (nSPS) is 12.4. The molecule has 1 aliphatic rings. The van der Waals surface area contributed by atoms with E-state index in [-0.39, 0.29) is 6.42 Å². The van der Waals surface area contributed by atoms with E-state index in [1.807, 2.05) is 80.7 Å². The Morgan fingerprint density at radius 3 is 1.85 bits per heavy atom. The summed E-state index contributed by atoms with van der Waals surface area (Å²) in [5.41, 5.74) is 13.7. The van der Waals surface area contributed by atoms with Crippen molar-refractivity contribution >= 4 is 33.3 Å². The Balaban J connectivity index is 0.000000157. The Morgan fingerprint density at radius 2 is 1.19 bits per heavy atom. The third-order valence-corrected chi connectivity index (χ3v) is 11.7. The minimum atomic E-state index is -0.870. The first-order chi connectivity index (χ1) is 32.7. The number of hydrogen-bond donors (Lipinski definition) is 2. The van der Waals surface area contributed by atoms with Crippen molar-refractivity contribution in [3.63, 3.8) is 0 Å². The van der Waals surface area contributed by atoms with Crippen LogP contribution in [0.1, 0.15) is 47.0 Å². The molecule has 0 aliphatic carbocycles.